The van der Waals surface area contributed by atoms with Crippen LogP contribution < -0.4 is 10.5 Å². The Hall–Kier alpha value is -2.56. The van der Waals surface area contributed by atoms with Crippen LogP contribution in [-0.4, -0.2) is 21.6 Å². The van der Waals surface area contributed by atoms with E-state index in [0.29, 0.717) is 11.6 Å². The normalized spacial score (nSPS) is 10.8. The number of hydrogen-bond donors (Lipinski definition) is 1. The molecule has 0 spiro atoms. The maximum atomic E-state index is 5.77. The minimum absolute atomic E-state index is 0.467. The number of aryl methyl sites for hydroxylation is 1. The van der Waals surface area contributed by atoms with E-state index in [1.54, 1.807) is 13.3 Å². The van der Waals surface area contributed by atoms with Gasteiger partial charge >= 0.3 is 0 Å². The van der Waals surface area contributed by atoms with Gasteiger partial charge in [-0.1, -0.05) is 12.1 Å². The van der Waals surface area contributed by atoms with Crippen molar-refractivity contribution in [3.05, 3.63) is 36.5 Å². The molecule has 0 bridgehead atoms. The number of pyridine rings is 1. The highest BCUT2D eigenvalue weighted by molar-refractivity contribution is 5.80. The fourth-order valence-corrected chi connectivity index (χ4v) is 2.03. The second-order valence-corrected chi connectivity index (χ2v) is 4.32. The first-order valence-corrected chi connectivity index (χ1v) is 5.91. The predicted octanol–water partition coefficient (Wildman–Crippen LogP) is 2.23. The van der Waals surface area contributed by atoms with Gasteiger partial charge in [-0.25, -0.2) is 4.98 Å². The number of rotatable bonds is 2. The summed E-state index contributed by atoms with van der Waals surface area (Å²) in [5, 5.41) is 0. The third kappa shape index (κ3) is 1.89. The predicted molar refractivity (Wildman–Crippen MR) is 74.9 cm³/mol. The van der Waals surface area contributed by atoms with Gasteiger partial charge in [0.25, 0.3) is 0 Å². The molecule has 0 atom stereocenters. The number of fused-ring (bicyclic) bond motifs is 1. The highest BCUT2D eigenvalue weighted by atomic mass is 16.5. The van der Waals surface area contributed by atoms with Gasteiger partial charge in [0.1, 0.15) is 5.75 Å². The van der Waals surface area contributed by atoms with Crippen molar-refractivity contribution in [3.8, 4) is 16.9 Å². The Bertz CT molecular complexity index is 731. The lowest BCUT2D eigenvalue weighted by molar-refractivity contribution is 0.415. The van der Waals surface area contributed by atoms with Gasteiger partial charge in [0.15, 0.2) is 5.65 Å². The average molecular weight is 254 g/mol. The first-order chi connectivity index (χ1) is 9.19. The molecule has 0 radical (unpaired) electrons. The van der Waals surface area contributed by atoms with Crippen LogP contribution in [0.2, 0.25) is 0 Å². The second kappa shape index (κ2) is 4.28. The van der Waals surface area contributed by atoms with E-state index in [-0.39, 0.29) is 0 Å². The summed E-state index contributed by atoms with van der Waals surface area (Å²) in [6, 6.07) is 9.89. The number of nitrogen functional groups attached to an aromatic ring is 1. The standard InChI is InChI=1S/C14H14N4O/c1-18-12-7-10(8-16-13(12)17-14(18)15)9-3-5-11(19-2)6-4-9/h3-8H,1-2H3,(H2,15,16,17). The number of ether oxygens (including phenoxy) is 1. The summed E-state index contributed by atoms with van der Waals surface area (Å²) in [5.74, 6) is 1.30. The fraction of sp³-hybridized carbons (Fsp3) is 0.143. The van der Waals surface area contributed by atoms with Crippen LogP contribution in [0.15, 0.2) is 36.5 Å². The third-order valence-corrected chi connectivity index (χ3v) is 3.20. The van der Waals surface area contributed by atoms with Crippen molar-refractivity contribution in [2.24, 2.45) is 7.05 Å². The Morgan fingerprint density at radius 1 is 1.16 bits per heavy atom. The minimum atomic E-state index is 0.467. The summed E-state index contributed by atoms with van der Waals surface area (Å²) in [6.45, 7) is 0. The Labute approximate surface area is 110 Å². The van der Waals surface area contributed by atoms with Crippen molar-refractivity contribution in [2.75, 3.05) is 12.8 Å². The SMILES string of the molecule is COc1ccc(-c2cnc3nc(N)n(C)c3c2)cc1. The Morgan fingerprint density at radius 3 is 2.58 bits per heavy atom. The Kier molecular flexibility index (Phi) is 2.59. The largest absolute Gasteiger partial charge is 0.497 e. The van der Waals surface area contributed by atoms with Crippen LogP contribution in [0, 0.1) is 0 Å². The Morgan fingerprint density at radius 2 is 1.89 bits per heavy atom. The number of nitrogens with zero attached hydrogens (tertiary/aromatic N) is 3. The number of imidazole rings is 1. The van der Waals surface area contributed by atoms with E-state index in [2.05, 4.69) is 9.97 Å². The molecule has 0 fully saturated rings. The molecule has 2 N–H and O–H groups in total. The van der Waals surface area contributed by atoms with Crippen molar-refractivity contribution in [1.82, 2.24) is 14.5 Å². The van der Waals surface area contributed by atoms with Crippen LogP contribution in [0.1, 0.15) is 0 Å². The molecule has 5 heteroatoms. The van der Waals surface area contributed by atoms with Gasteiger partial charge in [0.05, 0.1) is 12.6 Å². The number of benzene rings is 1. The van der Waals surface area contributed by atoms with Crippen LogP contribution >= 0.6 is 0 Å². The van der Waals surface area contributed by atoms with Crippen LogP contribution in [0.5, 0.6) is 5.75 Å². The van der Waals surface area contributed by atoms with Gasteiger partial charge in [0, 0.05) is 18.8 Å². The third-order valence-electron chi connectivity index (χ3n) is 3.20. The van der Waals surface area contributed by atoms with Gasteiger partial charge in [-0.3, -0.25) is 0 Å². The number of nitrogens with two attached hydrogens (primary N) is 1. The molecule has 5 nitrogen and oxygen atoms in total. The molecule has 0 aliphatic heterocycles. The maximum absolute atomic E-state index is 5.77. The molecule has 0 saturated heterocycles. The molecule has 2 aromatic heterocycles. The molecular formula is C14H14N4O. The highest BCUT2D eigenvalue weighted by Gasteiger charge is 2.07. The maximum Gasteiger partial charge on any atom is 0.202 e. The molecule has 3 rings (SSSR count). The molecule has 0 unspecified atom stereocenters. The van der Waals surface area contributed by atoms with Crippen LogP contribution in [0.25, 0.3) is 22.3 Å². The molecule has 19 heavy (non-hydrogen) atoms. The molecule has 0 aliphatic carbocycles. The summed E-state index contributed by atoms with van der Waals surface area (Å²) >= 11 is 0. The summed E-state index contributed by atoms with van der Waals surface area (Å²) in [5.41, 5.74) is 9.47. The molecule has 0 saturated carbocycles. The number of methoxy groups -OCH3 is 1. The quantitative estimate of drug-likeness (QED) is 0.761. The van der Waals surface area contributed by atoms with Crippen LogP contribution in [-0.2, 0) is 7.05 Å². The van der Waals surface area contributed by atoms with Gasteiger partial charge in [0.2, 0.25) is 5.95 Å². The molecule has 0 amide bonds. The van der Waals surface area contributed by atoms with E-state index in [1.165, 1.54) is 0 Å². The van der Waals surface area contributed by atoms with E-state index < -0.39 is 0 Å². The lowest BCUT2D eigenvalue weighted by Gasteiger charge is -2.04. The fourth-order valence-electron chi connectivity index (χ4n) is 2.03. The Balaban J connectivity index is 2.11. The van der Waals surface area contributed by atoms with E-state index >= 15 is 0 Å². The second-order valence-electron chi connectivity index (χ2n) is 4.32. The summed E-state index contributed by atoms with van der Waals surface area (Å²) in [4.78, 5) is 8.52. The number of anilines is 1. The van der Waals surface area contributed by atoms with Crippen molar-refractivity contribution in [2.45, 2.75) is 0 Å². The topological polar surface area (TPSA) is 66.0 Å². The zero-order chi connectivity index (χ0) is 13.4. The van der Waals surface area contributed by atoms with E-state index in [9.17, 15) is 0 Å². The minimum Gasteiger partial charge on any atom is -0.497 e. The van der Waals surface area contributed by atoms with Crippen molar-refractivity contribution < 1.29 is 4.74 Å². The molecule has 0 aliphatic rings. The van der Waals surface area contributed by atoms with Gasteiger partial charge in [-0.05, 0) is 23.8 Å². The summed E-state index contributed by atoms with van der Waals surface area (Å²) < 4.78 is 6.98. The number of aromatic nitrogens is 3. The van der Waals surface area contributed by atoms with Crippen molar-refractivity contribution in [1.29, 1.82) is 0 Å². The van der Waals surface area contributed by atoms with Gasteiger partial charge in [-0.15, -0.1) is 0 Å². The van der Waals surface area contributed by atoms with E-state index in [0.717, 1.165) is 22.4 Å². The van der Waals surface area contributed by atoms with Crippen molar-refractivity contribution in [3.63, 3.8) is 0 Å². The van der Waals surface area contributed by atoms with Gasteiger partial charge in [-0.2, -0.15) is 4.98 Å². The van der Waals surface area contributed by atoms with Crippen molar-refractivity contribution >= 4 is 17.1 Å². The smallest absolute Gasteiger partial charge is 0.202 e. The van der Waals surface area contributed by atoms with Gasteiger partial charge < -0.3 is 15.0 Å². The molecule has 3 aromatic rings. The molecule has 2 heterocycles. The number of hydrogen-bond acceptors (Lipinski definition) is 4. The summed E-state index contributed by atoms with van der Waals surface area (Å²) in [6.07, 6.45) is 1.80. The van der Waals surface area contributed by atoms with Crippen LogP contribution in [0.4, 0.5) is 5.95 Å². The lowest BCUT2D eigenvalue weighted by Crippen LogP contribution is -1.96. The molecule has 1 aromatic carbocycles. The van der Waals surface area contributed by atoms with E-state index in [4.69, 9.17) is 10.5 Å². The monoisotopic (exact) mass is 254 g/mol. The molecular weight excluding hydrogens is 240 g/mol. The first kappa shape index (κ1) is 11.5. The zero-order valence-corrected chi connectivity index (χ0v) is 10.8. The average Bonchev–Trinajstić information content (AvgIpc) is 2.74. The molecule has 96 valence electrons. The highest BCUT2D eigenvalue weighted by Crippen LogP contribution is 2.25. The van der Waals surface area contributed by atoms with E-state index in [1.807, 2.05) is 41.9 Å². The lowest BCUT2D eigenvalue weighted by atomic mass is 10.1. The summed E-state index contributed by atoms with van der Waals surface area (Å²) in [7, 11) is 3.53. The first-order valence-electron chi connectivity index (χ1n) is 5.91. The van der Waals surface area contributed by atoms with Crippen LogP contribution in [0.3, 0.4) is 0 Å². The zero-order valence-electron chi connectivity index (χ0n) is 10.8.